The summed E-state index contributed by atoms with van der Waals surface area (Å²) in [6.07, 6.45) is -9.14. The van der Waals surface area contributed by atoms with Gasteiger partial charge in [-0.15, -0.1) is 0 Å². The van der Waals surface area contributed by atoms with Gasteiger partial charge in [0.05, 0.1) is 40.1 Å². The molecule has 0 aromatic heterocycles. The number of nitrogens with one attached hydrogen (secondary N) is 1. The van der Waals surface area contributed by atoms with Gasteiger partial charge in [-0.1, -0.05) is 0 Å². The maximum atomic E-state index is 14.1. The molecule has 1 amide bonds. The Morgan fingerprint density at radius 3 is 1.88 bits per heavy atom. The second-order valence-corrected chi connectivity index (χ2v) is 12.9. The summed E-state index contributed by atoms with van der Waals surface area (Å²) in [6.45, 7) is 1.58. The fourth-order valence-electron chi connectivity index (χ4n) is 6.56. The average molecular weight is 757 g/mol. The van der Waals surface area contributed by atoms with Crippen molar-refractivity contribution in [2.45, 2.75) is 37.2 Å². The van der Waals surface area contributed by atoms with E-state index in [1.165, 1.54) is 28.0 Å². The highest BCUT2D eigenvalue weighted by atomic mass is 32.1. The van der Waals surface area contributed by atoms with E-state index >= 15 is 0 Å². The second-order valence-electron chi connectivity index (χ2n) is 12.2. The molecule has 52 heavy (non-hydrogen) atoms. The molecule has 0 atom stereocenters. The molecule has 3 aliphatic rings. The largest absolute Gasteiger partial charge is 0.465 e. The van der Waals surface area contributed by atoms with Gasteiger partial charge in [0.2, 0.25) is 0 Å². The van der Waals surface area contributed by atoms with E-state index in [0.717, 1.165) is 23.9 Å². The van der Waals surface area contributed by atoms with E-state index in [1.807, 2.05) is 17.0 Å². The summed E-state index contributed by atoms with van der Waals surface area (Å²) in [5.74, 6) is 0.137. The second kappa shape index (κ2) is 13.6. The first kappa shape index (κ1) is 36.3. The summed E-state index contributed by atoms with van der Waals surface area (Å²) in [5, 5.41) is 30.3. The lowest BCUT2D eigenvalue weighted by Gasteiger charge is -2.45. The average Bonchev–Trinajstić information content (AvgIpc) is 3.35. The van der Waals surface area contributed by atoms with Crippen LogP contribution in [0.3, 0.4) is 0 Å². The molecular formula is C34H26F6N8O2S2. The van der Waals surface area contributed by atoms with Gasteiger partial charge >= 0.3 is 18.4 Å². The van der Waals surface area contributed by atoms with Gasteiger partial charge in [-0.05, 0) is 104 Å². The van der Waals surface area contributed by atoms with Crippen LogP contribution >= 0.6 is 24.4 Å². The number of carbonyl (C=O) groups is 1. The fraction of sp³-hybridized carbons (Fsp3) is 0.294. The molecule has 18 heteroatoms. The Morgan fingerprint density at radius 1 is 0.827 bits per heavy atom. The van der Waals surface area contributed by atoms with E-state index in [1.54, 1.807) is 23.1 Å². The number of benzene rings is 3. The van der Waals surface area contributed by atoms with Crippen molar-refractivity contribution in [2.75, 3.05) is 46.2 Å². The van der Waals surface area contributed by atoms with Crippen molar-refractivity contribution in [3.05, 3.63) is 82.9 Å². The van der Waals surface area contributed by atoms with Crippen LogP contribution in [0.4, 0.5) is 53.9 Å². The predicted octanol–water partition coefficient (Wildman–Crippen LogP) is 7.60. The molecule has 0 radical (unpaired) electrons. The quantitative estimate of drug-likeness (QED) is 0.203. The molecule has 2 aliphatic heterocycles. The standard InChI is InChI=1S/C34H26F6N8O2S2/c35-33(36,37)26-16-22(4-2-20(26)18-41)43-29(51)44-28-32(10-1-11-32)48(24-8-6-23(7-9-24)45-12-14-46(15-13-45)31(49)50)30(52)47(28)25-5-3-21(19-42)27(17-25)34(38,39)40/h2-9,16-17H,1,10-15H2,(H,43,51)(H,49,50). The number of amidine groups is 1. The Morgan fingerprint density at radius 2 is 1.37 bits per heavy atom. The maximum Gasteiger partial charge on any atom is 0.417 e. The molecule has 1 aliphatic carbocycles. The van der Waals surface area contributed by atoms with Crippen LogP contribution in [-0.4, -0.2) is 63.9 Å². The number of hydrogen-bond acceptors (Lipinski definition) is 6. The summed E-state index contributed by atoms with van der Waals surface area (Å²) in [6, 6.07) is 16.4. The lowest BCUT2D eigenvalue weighted by Crippen LogP contribution is -2.55. The monoisotopic (exact) mass is 756 g/mol. The van der Waals surface area contributed by atoms with Crippen molar-refractivity contribution in [1.29, 1.82) is 10.5 Å². The minimum Gasteiger partial charge on any atom is -0.465 e. The van der Waals surface area contributed by atoms with Crippen LogP contribution in [0.2, 0.25) is 0 Å². The molecule has 3 aromatic carbocycles. The lowest BCUT2D eigenvalue weighted by molar-refractivity contribution is -0.138. The molecule has 3 aromatic rings. The van der Waals surface area contributed by atoms with Crippen LogP contribution in [0.5, 0.6) is 0 Å². The molecule has 3 fully saturated rings. The van der Waals surface area contributed by atoms with Crippen molar-refractivity contribution in [3.63, 3.8) is 0 Å². The Bertz CT molecular complexity index is 2060. The lowest BCUT2D eigenvalue weighted by atomic mass is 9.74. The third kappa shape index (κ3) is 6.67. The van der Waals surface area contributed by atoms with E-state index in [4.69, 9.17) is 24.4 Å². The van der Waals surface area contributed by atoms with Crippen molar-refractivity contribution in [2.24, 2.45) is 4.99 Å². The molecule has 10 nitrogen and oxygen atoms in total. The van der Waals surface area contributed by atoms with Crippen molar-refractivity contribution >= 4 is 69.3 Å². The number of alkyl halides is 6. The van der Waals surface area contributed by atoms with E-state index in [2.05, 4.69) is 10.3 Å². The van der Waals surface area contributed by atoms with Gasteiger partial charge in [0, 0.05) is 43.2 Å². The summed E-state index contributed by atoms with van der Waals surface area (Å²) in [5.41, 5.74) is -3.37. The van der Waals surface area contributed by atoms with Crippen LogP contribution in [-0.2, 0) is 12.4 Å². The topological polar surface area (TPSA) is 122 Å². The number of nitrogens with zero attached hydrogens (tertiary/aromatic N) is 7. The first-order valence-electron chi connectivity index (χ1n) is 15.7. The Kier molecular flexibility index (Phi) is 9.49. The first-order valence-corrected chi connectivity index (χ1v) is 16.5. The van der Waals surface area contributed by atoms with Gasteiger partial charge in [-0.2, -0.15) is 36.9 Å². The van der Waals surface area contributed by atoms with Gasteiger partial charge in [0.1, 0.15) is 11.4 Å². The fourth-order valence-corrected chi connectivity index (χ4v) is 7.23. The number of piperazine rings is 1. The SMILES string of the molecule is N#Cc1ccc(NC(=S)N=C2N(c3ccc(C#N)c(C(F)(F)F)c3)C(=S)N(c3ccc(N4CCN(C(=O)O)CC4)cc3)C23CCC3)cc1C(F)(F)F. The van der Waals surface area contributed by atoms with Gasteiger partial charge in [-0.25, -0.2) is 9.79 Å². The number of carboxylic acid groups (broad SMARTS) is 1. The van der Waals surface area contributed by atoms with Crippen molar-refractivity contribution < 1.29 is 36.2 Å². The number of aliphatic imine (C=N–C) groups is 1. The van der Waals surface area contributed by atoms with Crippen LogP contribution in [0.15, 0.2) is 65.7 Å². The minimum atomic E-state index is -4.89. The van der Waals surface area contributed by atoms with E-state index in [9.17, 15) is 46.8 Å². The number of hydrogen-bond donors (Lipinski definition) is 2. The number of thiocarbonyl (C=S) groups is 2. The summed E-state index contributed by atoms with van der Waals surface area (Å²) >= 11 is 11.4. The van der Waals surface area contributed by atoms with E-state index in [0.29, 0.717) is 57.2 Å². The van der Waals surface area contributed by atoms with Crippen LogP contribution in [0.1, 0.15) is 41.5 Å². The van der Waals surface area contributed by atoms with Gasteiger partial charge < -0.3 is 25.1 Å². The van der Waals surface area contributed by atoms with E-state index < -0.39 is 46.2 Å². The van der Waals surface area contributed by atoms with Crippen molar-refractivity contribution in [1.82, 2.24) is 4.90 Å². The molecule has 2 N–H and O–H groups in total. The van der Waals surface area contributed by atoms with E-state index in [-0.39, 0.29) is 27.4 Å². The van der Waals surface area contributed by atoms with Crippen LogP contribution in [0.25, 0.3) is 0 Å². The third-order valence-corrected chi connectivity index (χ3v) is 9.79. The zero-order valence-corrected chi connectivity index (χ0v) is 28.4. The molecule has 2 heterocycles. The summed E-state index contributed by atoms with van der Waals surface area (Å²) in [4.78, 5) is 22.4. The number of anilines is 4. The molecular weight excluding hydrogens is 731 g/mol. The maximum absolute atomic E-state index is 14.1. The summed E-state index contributed by atoms with van der Waals surface area (Å²) < 4.78 is 83.4. The first-order chi connectivity index (χ1) is 24.6. The van der Waals surface area contributed by atoms with Gasteiger partial charge in [0.15, 0.2) is 10.2 Å². The molecule has 0 unspecified atom stereocenters. The normalized spacial score (nSPS) is 17.9. The van der Waals surface area contributed by atoms with Gasteiger partial charge in [0.25, 0.3) is 0 Å². The molecule has 2 saturated heterocycles. The van der Waals surface area contributed by atoms with Crippen molar-refractivity contribution in [3.8, 4) is 12.1 Å². The molecule has 6 rings (SSSR count). The Labute approximate surface area is 303 Å². The number of rotatable bonds is 4. The van der Waals surface area contributed by atoms with Crippen LogP contribution < -0.4 is 20.0 Å². The zero-order chi connectivity index (χ0) is 37.6. The summed E-state index contributed by atoms with van der Waals surface area (Å²) in [7, 11) is 0. The molecule has 268 valence electrons. The van der Waals surface area contributed by atoms with Crippen LogP contribution in [0, 0.1) is 22.7 Å². The minimum absolute atomic E-state index is 0.0552. The molecule has 0 bridgehead atoms. The Hall–Kier alpha value is -5.46. The number of nitriles is 2. The predicted molar refractivity (Wildman–Crippen MR) is 188 cm³/mol. The number of halogens is 6. The third-order valence-electron chi connectivity index (χ3n) is 9.23. The number of amides is 1. The smallest absolute Gasteiger partial charge is 0.417 e. The van der Waals surface area contributed by atoms with Gasteiger partial charge in [-0.3, -0.25) is 4.90 Å². The highest BCUT2D eigenvalue weighted by Crippen LogP contribution is 2.49. The highest BCUT2D eigenvalue weighted by Gasteiger charge is 2.58. The zero-order valence-electron chi connectivity index (χ0n) is 26.8. The molecule has 1 saturated carbocycles. The molecule has 1 spiro atoms. The Balaban J connectivity index is 1.41. The highest BCUT2D eigenvalue weighted by molar-refractivity contribution is 7.81.